The Morgan fingerprint density at radius 1 is 1.30 bits per heavy atom. The largest absolute Gasteiger partial charge is 0.483 e. The van der Waals surface area contributed by atoms with Gasteiger partial charge in [-0.2, -0.15) is 0 Å². The number of amides is 3. The molecule has 0 fully saturated rings. The number of nitrogens with one attached hydrogen (secondary N) is 1. The predicted octanol–water partition coefficient (Wildman–Crippen LogP) is 2.58. The fourth-order valence-corrected chi connectivity index (χ4v) is 3.17. The topological polar surface area (TPSA) is 102 Å². The molecular formula is C19H18ClN3O4. The van der Waals surface area contributed by atoms with E-state index >= 15 is 0 Å². The zero-order chi connectivity index (χ0) is 19.6. The van der Waals surface area contributed by atoms with Crippen LogP contribution in [0.5, 0.6) is 5.75 Å². The molecule has 140 valence electrons. The number of carbonyl (C=O) groups excluding carboxylic acids is 3. The van der Waals surface area contributed by atoms with E-state index in [0.29, 0.717) is 16.4 Å². The zero-order valence-corrected chi connectivity index (χ0v) is 15.3. The van der Waals surface area contributed by atoms with E-state index in [1.807, 2.05) is 0 Å². The Kier molecular flexibility index (Phi) is 5.32. The van der Waals surface area contributed by atoms with Crippen LogP contribution in [0.1, 0.15) is 23.7 Å². The first-order chi connectivity index (χ1) is 12.9. The molecule has 1 aliphatic rings. The molecule has 7 nitrogen and oxygen atoms in total. The summed E-state index contributed by atoms with van der Waals surface area (Å²) in [5.41, 5.74) is 6.58. The molecule has 3 N–H and O–H groups in total. The summed E-state index contributed by atoms with van der Waals surface area (Å²) in [6.45, 7) is 1.46. The quantitative estimate of drug-likeness (QED) is 0.841. The molecule has 1 aliphatic heterocycles. The fourth-order valence-electron chi connectivity index (χ4n) is 3.00. The maximum Gasteiger partial charge on any atom is 0.265 e. The van der Waals surface area contributed by atoms with Crippen molar-refractivity contribution in [2.24, 2.45) is 5.73 Å². The Morgan fingerprint density at radius 3 is 2.78 bits per heavy atom. The van der Waals surface area contributed by atoms with Gasteiger partial charge in [0, 0.05) is 17.5 Å². The number of hydrogen-bond acceptors (Lipinski definition) is 4. The molecule has 0 saturated heterocycles. The van der Waals surface area contributed by atoms with Gasteiger partial charge in [0.15, 0.2) is 6.61 Å². The Balaban J connectivity index is 1.84. The Hall–Kier alpha value is -3.06. The first kappa shape index (κ1) is 18.7. The van der Waals surface area contributed by atoms with Crippen molar-refractivity contribution in [1.29, 1.82) is 0 Å². The van der Waals surface area contributed by atoms with Gasteiger partial charge in [0.1, 0.15) is 5.75 Å². The molecule has 3 rings (SSSR count). The van der Waals surface area contributed by atoms with Crippen molar-refractivity contribution in [3.63, 3.8) is 0 Å². The molecule has 0 aliphatic carbocycles. The summed E-state index contributed by atoms with van der Waals surface area (Å²) in [7, 11) is 0. The molecule has 3 amide bonds. The molecule has 2 aromatic rings. The average molecular weight is 388 g/mol. The third-order valence-corrected chi connectivity index (χ3v) is 4.42. The predicted molar refractivity (Wildman–Crippen MR) is 102 cm³/mol. The van der Waals surface area contributed by atoms with E-state index in [-0.39, 0.29) is 42.2 Å². The smallest absolute Gasteiger partial charge is 0.265 e. The minimum Gasteiger partial charge on any atom is -0.483 e. The summed E-state index contributed by atoms with van der Waals surface area (Å²) in [6, 6.07) is 11.1. The van der Waals surface area contributed by atoms with E-state index in [4.69, 9.17) is 22.1 Å². The van der Waals surface area contributed by atoms with E-state index in [0.717, 1.165) is 0 Å². The van der Waals surface area contributed by atoms with Crippen LogP contribution in [0.3, 0.4) is 0 Å². The maximum absolute atomic E-state index is 12.9. The molecule has 8 heteroatoms. The number of fused-ring (bicyclic) bond motifs is 1. The van der Waals surface area contributed by atoms with Crippen LogP contribution >= 0.6 is 11.6 Å². The molecule has 0 unspecified atom stereocenters. The van der Waals surface area contributed by atoms with Gasteiger partial charge >= 0.3 is 0 Å². The number of rotatable bonds is 4. The van der Waals surface area contributed by atoms with Crippen molar-refractivity contribution >= 4 is 40.7 Å². The lowest BCUT2D eigenvalue weighted by atomic mass is 10.1. The van der Waals surface area contributed by atoms with E-state index in [9.17, 15) is 14.4 Å². The van der Waals surface area contributed by atoms with Gasteiger partial charge in [0.05, 0.1) is 16.9 Å². The third kappa shape index (κ3) is 4.03. The van der Waals surface area contributed by atoms with Crippen LogP contribution < -0.4 is 20.7 Å². The summed E-state index contributed by atoms with van der Waals surface area (Å²) < 4.78 is 5.54. The van der Waals surface area contributed by atoms with Gasteiger partial charge in [-0.3, -0.25) is 14.4 Å². The second-order valence-corrected chi connectivity index (χ2v) is 6.61. The number of nitrogens with two attached hydrogens (primary N) is 1. The highest BCUT2D eigenvalue weighted by molar-refractivity contribution is 6.31. The Labute approximate surface area is 161 Å². The van der Waals surface area contributed by atoms with Gasteiger partial charge in [-0.05, 0) is 37.3 Å². The molecular weight excluding hydrogens is 370 g/mol. The zero-order valence-electron chi connectivity index (χ0n) is 14.6. The number of halogens is 1. The van der Waals surface area contributed by atoms with Gasteiger partial charge in [0.25, 0.3) is 11.8 Å². The summed E-state index contributed by atoms with van der Waals surface area (Å²) in [5.74, 6) is -1.05. The van der Waals surface area contributed by atoms with Gasteiger partial charge in [-0.1, -0.05) is 23.7 Å². The lowest BCUT2D eigenvalue weighted by Crippen LogP contribution is -2.41. The number of benzene rings is 2. The van der Waals surface area contributed by atoms with Crippen LogP contribution in [-0.4, -0.2) is 30.4 Å². The van der Waals surface area contributed by atoms with Crippen molar-refractivity contribution in [1.82, 2.24) is 0 Å². The fraction of sp³-hybridized carbons (Fsp3) is 0.211. The number of nitrogens with zero attached hydrogens (tertiary/aromatic N) is 1. The Bertz CT molecular complexity index is 916. The van der Waals surface area contributed by atoms with E-state index < -0.39 is 5.91 Å². The lowest BCUT2D eigenvalue weighted by molar-refractivity contribution is -0.121. The number of hydrogen-bond donors (Lipinski definition) is 2. The van der Waals surface area contributed by atoms with Crippen molar-refractivity contribution < 1.29 is 19.1 Å². The molecule has 0 bridgehead atoms. The van der Waals surface area contributed by atoms with Crippen molar-refractivity contribution in [2.45, 2.75) is 19.4 Å². The van der Waals surface area contributed by atoms with Crippen LogP contribution in [0, 0.1) is 0 Å². The number of anilines is 2. The average Bonchev–Trinajstić information content (AvgIpc) is 2.74. The Morgan fingerprint density at radius 2 is 2.04 bits per heavy atom. The minimum atomic E-state index is -0.705. The molecule has 1 heterocycles. The normalized spacial score (nSPS) is 16.1. The first-order valence-corrected chi connectivity index (χ1v) is 8.67. The second kappa shape index (κ2) is 7.67. The van der Waals surface area contributed by atoms with E-state index in [1.165, 1.54) is 17.0 Å². The summed E-state index contributed by atoms with van der Waals surface area (Å²) >= 11 is 5.88. The molecule has 0 aromatic heterocycles. The number of carbonyl (C=O) groups is 3. The first-order valence-electron chi connectivity index (χ1n) is 8.30. The molecule has 27 heavy (non-hydrogen) atoms. The number of primary amides is 1. The molecule has 2 aromatic carbocycles. The van der Waals surface area contributed by atoms with E-state index in [2.05, 4.69) is 5.32 Å². The van der Waals surface area contributed by atoms with E-state index in [1.54, 1.807) is 37.3 Å². The van der Waals surface area contributed by atoms with Crippen LogP contribution in [0.2, 0.25) is 5.02 Å². The van der Waals surface area contributed by atoms with Crippen molar-refractivity contribution in [2.75, 3.05) is 16.8 Å². The molecule has 1 atom stereocenters. The second-order valence-electron chi connectivity index (χ2n) is 6.18. The standard InChI is InChI=1S/C19H18ClN3O4/c1-11-8-17(24)22-14-4-2-3-5-15(14)23(11)18(25)10-27-16-7-6-12(20)9-13(16)19(21)26/h2-7,9,11H,8,10H2,1H3,(H2,21,26)(H,22,24)/t11-/m1/s1. The third-order valence-electron chi connectivity index (χ3n) is 4.19. The summed E-state index contributed by atoms with van der Waals surface area (Å²) in [4.78, 5) is 38.0. The van der Waals surface area contributed by atoms with Crippen LogP contribution in [0.25, 0.3) is 0 Å². The van der Waals surface area contributed by atoms with Gasteiger partial charge in [-0.15, -0.1) is 0 Å². The minimum absolute atomic E-state index is 0.0939. The van der Waals surface area contributed by atoms with Crippen molar-refractivity contribution in [3.05, 3.63) is 53.1 Å². The SMILES string of the molecule is C[C@@H]1CC(=O)Nc2ccccc2N1C(=O)COc1ccc(Cl)cc1C(N)=O. The molecule has 0 radical (unpaired) electrons. The van der Waals surface area contributed by atoms with Gasteiger partial charge in [0.2, 0.25) is 5.91 Å². The highest BCUT2D eigenvalue weighted by Gasteiger charge is 2.29. The summed E-state index contributed by atoms with van der Waals surface area (Å²) in [6.07, 6.45) is 0.161. The van der Waals surface area contributed by atoms with Gasteiger partial charge < -0.3 is 20.7 Å². The monoisotopic (exact) mass is 387 g/mol. The highest BCUT2D eigenvalue weighted by Crippen LogP contribution is 2.31. The van der Waals surface area contributed by atoms with Crippen LogP contribution in [0.15, 0.2) is 42.5 Å². The molecule has 0 saturated carbocycles. The number of para-hydroxylation sites is 2. The lowest BCUT2D eigenvalue weighted by Gasteiger charge is -2.27. The van der Waals surface area contributed by atoms with Gasteiger partial charge in [-0.25, -0.2) is 0 Å². The van der Waals surface area contributed by atoms with Crippen molar-refractivity contribution in [3.8, 4) is 5.75 Å². The molecule has 0 spiro atoms. The highest BCUT2D eigenvalue weighted by atomic mass is 35.5. The number of ether oxygens (including phenoxy) is 1. The summed E-state index contributed by atoms with van der Waals surface area (Å²) in [5, 5.41) is 3.13. The van der Waals surface area contributed by atoms with Crippen LogP contribution in [-0.2, 0) is 9.59 Å². The van der Waals surface area contributed by atoms with Crippen LogP contribution in [0.4, 0.5) is 11.4 Å². The maximum atomic E-state index is 12.9.